The number of rotatable bonds is 4. The molecule has 1 rings (SSSR count). The first kappa shape index (κ1) is 19.2. The number of aliphatic hydroxyl groups excluding tert-OH is 1. The molecule has 4 atom stereocenters. The van der Waals surface area contributed by atoms with Crippen molar-refractivity contribution in [1.29, 1.82) is 0 Å². The number of ether oxygens (including phenoxy) is 1. The molecule has 0 bridgehead atoms. The minimum atomic E-state index is -4.85. The van der Waals surface area contributed by atoms with Gasteiger partial charge in [0.05, 0.1) is 11.5 Å². The number of carbonyl (C=O) groups excluding carboxylic acids is 1. The van der Waals surface area contributed by atoms with Crippen LogP contribution >= 0.6 is 0 Å². The summed E-state index contributed by atoms with van der Waals surface area (Å²) in [5, 5.41) is 19.6. The Morgan fingerprint density at radius 3 is 2.23 bits per heavy atom. The first-order chi connectivity index (χ1) is 9.83. The molecule has 0 aromatic rings. The van der Waals surface area contributed by atoms with Gasteiger partial charge in [0, 0.05) is 5.92 Å². The van der Waals surface area contributed by atoms with E-state index in [1.165, 1.54) is 0 Å². The van der Waals surface area contributed by atoms with Gasteiger partial charge >= 0.3 is 12.1 Å². The molecule has 0 heterocycles. The number of hydrogen-bond acceptors (Lipinski definition) is 4. The molecule has 0 aromatic carbocycles. The van der Waals surface area contributed by atoms with Crippen molar-refractivity contribution < 1.29 is 32.9 Å². The van der Waals surface area contributed by atoms with E-state index in [0.717, 1.165) is 0 Å². The summed E-state index contributed by atoms with van der Waals surface area (Å²) in [6, 6.07) is 0. The lowest BCUT2D eigenvalue weighted by Crippen LogP contribution is -2.55. The van der Waals surface area contributed by atoms with Crippen molar-refractivity contribution in [2.75, 3.05) is 0 Å². The molecular formula is C15H25F3O4. The number of halogens is 3. The highest BCUT2D eigenvalue weighted by molar-refractivity contribution is 5.76. The van der Waals surface area contributed by atoms with Crippen LogP contribution < -0.4 is 0 Å². The van der Waals surface area contributed by atoms with Crippen molar-refractivity contribution >= 4 is 5.97 Å². The Hall–Kier alpha value is -0.820. The van der Waals surface area contributed by atoms with Crippen molar-refractivity contribution in [3.8, 4) is 0 Å². The summed E-state index contributed by atoms with van der Waals surface area (Å²) in [6.45, 7) is 5.89. The fourth-order valence-electron chi connectivity index (χ4n) is 2.49. The molecule has 7 heteroatoms. The molecule has 0 spiro atoms. The molecule has 4 unspecified atom stereocenters. The number of hydrogen-bond donors (Lipinski definition) is 2. The lowest BCUT2D eigenvalue weighted by molar-refractivity contribution is -0.288. The first-order valence-corrected chi connectivity index (χ1v) is 7.51. The fourth-order valence-corrected chi connectivity index (χ4v) is 2.49. The molecule has 0 aromatic heterocycles. The second-order valence-corrected chi connectivity index (χ2v) is 6.90. The van der Waals surface area contributed by atoms with Crippen LogP contribution in [0.25, 0.3) is 0 Å². The minimum absolute atomic E-state index is 0.0569. The summed E-state index contributed by atoms with van der Waals surface area (Å²) in [5.41, 5.74) is -3.73. The molecule has 1 aliphatic carbocycles. The standard InChI is InChI=1S/C15H25F3O4/c1-5-13(2,3)12(20)22-9-6-7-11(19)10(8-9)14(4,21)15(16,17)18/h9-11,19,21H,5-8H2,1-4H3. The van der Waals surface area contributed by atoms with Crippen LogP contribution in [0.4, 0.5) is 13.2 Å². The molecule has 0 saturated heterocycles. The van der Waals surface area contributed by atoms with E-state index in [9.17, 15) is 28.2 Å². The molecule has 1 aliphatic rings. The first-order valence-electron chi connectivity index (χ1n) is 7.51. The molecule has 2 N–H and O–H groups in total. The summed E-state index contributed by atoms with van der Waals surface area (Å²) in [5.74, 6) is -1.88. The van der Waals surface area contributed by atoms with Crippen LogP contribution in [-0.4, -0.2) is 40.2 Å². The second kappa shape index (κ2) is 6.35. The third kappa shape index (κ3) is 3.93. The summed E-state index contributed by atoms with van der Waals surface area (Å²) < 4.78 is 44.2. The second-order valence-electron chi connectivity index (χ2n) is 6.90. The van der Waals surface area contributed by atoms with Gasteiger partial charge in [0.1, 0.15) is 6.10 Å². The van der Waals surface area contributed by atoms with Crippen LogP contribution in [-0.2, 0) is 9.53 Å². The van der Waals surface area contributed by atoms with Gasteiger partial charge in [-0.1, -0.05) is 6.92 Å². The van der Waals surface area contributed by atoms with E-state index in [0.29, 0.717) is 13.3 Å². The van der Waals surface area contributed by atoms with Crippen molar-refractivity contribution in [3.05, 3.63) is 0 Å². The number of esters is 1. The van der Waals surface area contributed by atoms with E-state index in [1.807, 2.05) is 6.92 Å². The molecule has 4 nitrogen and oxygen atoms in total. The molecule has 0 aliphatic heterocycles. The van der Waals surface area contributed by atoms with Gasteiger partial charge in [-0.3, -0.25) is 4.79 Å². The third-order valence-corrected chi connectivity index (χ3v) is 4.77. The Bertz CT molecular complexity index is 404. The van der Waals surface area contributed by atoms with Crippen LogP contribution in [0, 0.1) is 11.3 Å². The maximum absolute atomic E-state index is 13.0. The van der Waals surface area contributed by atoms with Crippen molar-refractivity contribution in [3.63, 3.8) is 0 Å². The predicted molar refractivity (Wildman–Crippen MR) is 74.0 cm³/mol. The maximum Gasteiger partial charge on any atom is 0.417 e. The summed E-state index contributed by atoms with van der Waals surface area (Å²) in [4.78, 5) is 12.0. The van der Waals surface area contributed by atoms with Crippen LogP contribution in [0.3, 0.4) is 0 Å². The Labute approximate surface area is 128 Å². The van der Waals surface area contributed by atoms with E-state index in [1.54, 1.807) is 13.8 Å². The Kier molecular flexibility index (Phi) is 5.55. The smallest absolute Gasteiger partial charge is 0.417 e. The Morgan fingerprint density at radius 2 is 1.77 bits per heavy atom. The normalized spacial score (nSPS) is 29.8. The van der Waals surface area contributed by atoms with Gasteiger partial charge in [0.2, 0.25) is 0 Å². The summed E-state index contributed by atoms with van der Waals surface area (Å²) in [6.07, 6.45) is -6.16. The highest BCUT2D eigenvalue weighted by Gasteiger charge is 2.58. The van der Waals surface area contributed by atoms with Gasteiger partial charge in [-0.25, -0.2) is 0 Å². The largest absolute Gasteiger partial charge is 0.462 e. The molecule has 1 saturated carbocycles. The third-order valence-electron chi connectivity index (χ3n) is 4.77. The lowest BCUT2D eigenvalue weighted by atomic mass is 9.74. The number of aliphatic hydroxyl groups is 2. The van der Waals surface area contributed by atoms with Gasteiger partial charge in [-0.05, 0) is 46.5 Å². The number of alkyl halides is 3. The van der Waals surface area contributed by atoms with Crippen molar-refractivity contribution in [2.24, 2.45) is 11.3 Å². The molecular weight excluding hydrogens is 301 g/mol. The summed E-state index contributed by atoms with van der Waals surface area (Å²) >= 11 is 0. The molecule has 130 valence electrons. The average molecular weight is 326 g/mol. The van der Waals surface area contributed by atoms with Gasteiger partial charge in [0.25, 0.3) is 0 Å². The van der Waals surface area contributed by atoms with Crippen LogP contribution in [0.1, 0.15) is 53.4 Å². The Morgan fingerprint density at radius 1 is 1.23 bits per heavy atom. The minimum Gasteiger partial charge on any atom is -0.462 e. The fraction of sp³-hybridized carbons (Fsp3) is 0.933. The monoisotopic (exact) mass is 326 g/mol. The zero-order chi connectivity index (χ0) is 17.3. The SMILES string of the molecule is CCC(C)(C)C(=O)OC1CCC(O)C(C(C)(O)C(F)(F)F)C1. The highest BCUT2D eigenvalue weighted by atomic mass is 19.4. The van der Waals surface area contributed by atoms with Gasteiger partial charge < -0.3 is 14.9 Å². The Balaban J connectivity index is 2.82. The van der Waals surface area contributed by atoms with E-state index >= 15 is 0 Å². The highest BCUT2D eigenvalue weighted by Crippen LogP contribution is 2.43. The van der Waals surface area contributed by atoms with Crippen LogP contribution in [0.2, 0.25) is 0 Å². The topological polar surface area (TPSA) is 66.8 Å². The molecule has 22 heavy (non-hydrogen) atoms. The van der Waals surface area contributed by atoms with E-state index < -0.39 is 41.3 Å². The van der Waals surface area contributed by atoms with Crippen LogP contribution in [0.5, 0.6) is 0 Å². The quantitative estimate of drug-likeness (QED) is 0.780. The van der Waals surface area contributed by atoms with E-state index in [-0.39, 0.29) is 19.3 Å². The van der Waals surface area contributed by atoms with Crippen LogP contribution in [0.15, 0.2) is 0 Å². The number of carbonyl (C=O) groups is 1. The van der Waals surface area contributed by atoms with E-state index in [2.05, 4.69) is 0 Å². The zero-order valence-electron chi connectivity index (χ0n) is 13.4. The molecule has 0 amide bonds. The van der Waals surface area contributed by atoms with Crippen molar-refractivity contribution in [1.82, 2.24) is 0 Å². The molecule has 0 radical (unpaired) electrons. The molecule has 1 fully saturated rings. The van der Waals surface area contributed by atoms with Gasteiger partial charge in [0.15, 0.2) is 5.60 Å². The van der Waals surface area contributed by atoms with Gasteiger partial charge in [-0.15, -0.1) is 0 Å². The predicted octanol–water partition coefficient (Wildman–Crippen LogP) is 2.81. The average Bonchev–Trinajstić information content (AvgIpc) is 2.39. The summed E-state index contributed by atoms with van der Waals surface area (Å²) in [7, 11) is 0. The van der Waals surface area contributed by atoms with Gasteiger partial charge in [-0.2, -0.15) is 13.2 Å². The lowest BCUT2D eigenvalue weighted by Gasteiger charge is -2.42. The maximum atomic E-state index is 13.0. The van der Waals surface area contributed by atoms with E-state index in [4.69, 9.17) is 4.74 Å². The van der Waals surface area contributed by atoms with Crippen molar-refractivity contribution in [2.45, 2.75) is 77.4 Å². The zero-order valence-corrected chi connectivity index (χ0v) is 13.4.